The molecule has 1 heterocycles. The Morgan fingerprint density at radius 1 is 1.12 bits per heavy atom. The molecule has 1 atom stereocenters. The molecule has 0 saturated carbocycles. The van der Waals surface area contributed by atoms with E-state index in [-0.39, 0.29) is 11.7 Å². The summed E-state index contributed by atoms with van der Waals surface area (Å²) in [5.41, 5.74) is 1.75. The Kier molecular flexibility index (Phi) is 5.00. The maximum atomic E-state index is 12.7. The van der Waals surface area contributed by atoms with Gasteiger partial charge in [-0.05, 0) is 25.1 Å². The quantitative estimate of drug-likeness (QED) is 0.638. The SMILES string of the molecule is Cc1c(C(=O)O[C@H](C(=O)N(C)C)c2ccccc2)oc2ccc(Cl)cc12. The molecule has 2 aromatic carbocycles. The van der Waals surface area contributed by atoms with E-state index in [4.69, 9.17) is 20.8 Å². The van der Waals surface area contributed by atoms with Crippen LogP contribution in [0.3, 0.4) is 0 Å². The standard InChI is InChI=1S/C20H18ClNO4/c1-12-15-11-14(21)9-10-16(15)25-17(12)20(24)26-18(19(23)22(2)3)13-7-5-4-6-8-13/h4-11,18H,1-3H3/t18-/m0/s1. The summed E-state index contributed by atoms with van der Waals surface area (Å²) in [5.74, 6) is -0.963. The van der Waals surface area contributed by atoms with Gasteiger partial charge in [0.1, 0.15) is 5.58 Å². The number of esters is 1. The maximum Gasteiger partial charge on any atom is 0.375 e. The molecule has 3 aromatic rings. The highest BCUT2D eigenvalue weighted by Gasteiger charge is 2.29. The van der Waals surface area contributed by atoms with Gasteiger partial charge in [0.05, 0.1) is 0 Å². The Hall–Kier alpha value is -2.79. The molecule has 0 aliphatic carbocycles. The van der Waals surface area contributed by atoms with Gasteiger partial charge in [-0.1, -0.05) is 41.9 Å². The zero-order valence-corrected chi connectivity index (χ0v) is 15.4. The zero-order chi connectivity index (χ0) is 18.8. The lowest BCUT2D eigenvalue weighted by atomic mass is 10.1. The molecular weight excluding hydrogens is 354 g/mol. The molecule has 6 heteroatoms. The predicted molar refractivity (Wildman–Crippen MR) is 99.3 cm³/mol. The number of carbonyl (C=O) groups excluding carboxylic acids is 2. The molecule has 1 aromatic heterocycles. The van der Waals surface area contributed by atoms with E-state index in [1.54, 1.807) is 63.5 Å². The van der Waals surface area contributed by atoms with Crippen LogP contribution in [-0.2, 0) is 9.53 Å². The summed E-state index contributed by atoms with van der Waals surface area (Å²) in [5, 5.41) is 1.28. The number of ether oxygens (including phenoxy) is 1. The summed E-state index contributed by atoms with van der Waals surface area (Å²) in [4.78, 5) is 26.6. The van der Waals surface area contributed by atoms with E-state index < -0.39 is 12.1 Å². The van der Waals surface area contributed by atoms with Crippen molar-refractivity contribution < 1.29 is 18.7 Å². The molecule has 0 fully saturated rings. The summed E-state index contributed by atoms with van der Waals surface area (Å²) in [6.07, 6.45) is -1.05. The number of nitrogens with zero attached hydrogens (tertiary/aromatic N) is 1. The highest BCUT2D eigenvalue weighted by atomic mass is 35.5. The Balaban J connectivity index is 1.96. The second-order valence-corrected chi connectivity index (χ2v) is 6.56. The molecule has 0 unspecified atom stereocenters. The highest BCUT2D eigenvalue weighted by Crippen LogP contribution is 2.30. The second-order valence-electron chi connectivity index (χ2n) is 6.13. The van der Waals surface area contributed by atoms with Gasteiger partial charge in [-0.25, -0.2) is 4.79 Å². The number of fused-ring (bicyclic) bond motifs is 1. The first-order valence-corrected chi connectivity index (χ1v) is 8.42. The number of rotatable bonds is 4. The highest BCUT2D eigenvalue weighted by molar-refractivity contribution is 6.31. The Labute approximate surface area is 156 Å². The summed E-state index contributed by atoms with van der Waals surface area (Å²) < 4.78 is 11.2. The van der Waals surface area contributed by atoms with Crippen molar-refractivity contribution in [2.24, 2.45) is 0 Å². The van der Waals surface area contributed by atoms with Gasteiger partial charge in [0, 0.05) is 35.6 Å². The summed E-state index contributed by atoms with van der Waals surface area (Å²) >= 11 is 6.01. The molecule has 3 rings (SSSR count). The van der Waals surface area contributed by atoms with Crippen molar-refractivity contribution in [1.29, 1.82) is 0 Å². The van der Waals surface area contributed by atoms with Crippen LogP contribution in [0.15, 0.2) is 52.9 Å². The van der Waals surface area contributed by atoms with E-state index in [0.717, 1.165) is 5.39 Å². The topological polar surface area (TPSA) is 59.8 Å². The predicted octanol–water partition coefficient (Wildman–Crippen LogP) is 4.38. The van der Waals surface area contributed by atoms with Gasteiger partial charge >= 0.3 is 5.97 Å². The summed E-state index contributed by atoms with van der Waals surface area (Å²) in [6, 6.07) is 14.0. The number of aryl methyl sites for hydroxylation is 1. The number of carbonyl (C=O) groups is 2. The van der Waals surface area contributed by atoms with E-state index >= 15 is 0 Å². The van der Waals surface area contributed by atoms with Gasteiger partial charge in [-0.2, -0.15) is 0 Å². The number of hydrogen-bond acceptors (Lipinski definition) is 4. The first-order valence-electron chi connectivity index (χ1n) is 8.04. The molecule has 0 aliphatic rings. The van der Waals surface area contributed by atoms with E-state index in [2.05, 4.69) is 0 Å². The van der Waals surface area contributed by atoms with Crippen molar-refractivity contribution in [1.82, 2.24) is 4.90 Å². The largest absolute Gasteiger partial charge is 0.449 e. The lowest BCUT2D eigenvalue weighted by Gasteiger charge is -2.20. The smallest absolute Gasteiger partial charge is 0.375 e. The van der Waals surface area contributed by atoms with E-state index in [1.807, 2.05) is 6.07 Å². The van der Waals surface area contributed by atoms with Crippen LogP contribution in [0, 0.1) is 6.92 Å². The lowest BCUT2D eigenvalue weighted by molar-refractivity contribution is -0.138. The van der Waals surface area contributed by atoms with Crippen LogP contribution < -0.4 is 0 Å². The van der Waals surface area contributed by atoms with Crippen molar-refractivity contribution >= 4 is 34.4 Å². The van der Waals surface area contributed by atoms with E-state index in [0.29, 0.717) is 21.7 Å². The monoisotopic (exact) mass is 371 g/mol. The second kappa shape index (κ2) is 7.22. The normalized spacial score (nSPS) is 12.0. The number of amides is 1. The van der Waals surface area contributed by atoms with Crippen LogP contribution in [0.2, 0.25) is 5.02 Å². The summed E-state index contributed by atoms with van der Waals surface area (Å²) in [6.45, 7) is 1.75. The van der Waals surface area contributed by atoms with Gasteiger partial charge < -0.3 is 14.1 Å². The maximum absolute atomic E-state index is 12.7. The fraction of sp³-hybridized carbons (Fsp3) is 0.200. The van der Waals surface area contributed by atoms with Crippen LogP contribution in [0.1, 0.15) is 27.8 Å². The first kappa shape index (κ1) is 18.0. The number of hydrogen-bond donors (Lipinski definition) is 0. The van der Waals surface area contributed by atoms with Crippen molar-refractivity contribution in [2.45, 2.75) is 13.0 Å². The zero-order valence-electron chi connectivity index (χ0n) is 14.7. The van der Waals surface area contributed by atoms with Crippen LogP contribution in [0.25, 0.3) is 11.0 Å². The third-order valence-corrected chi connectivity index (χ3v) is 4.31. The fourth-order valence-corrected chi connectivity index (χ4v) is 2.84. The molecule has 0 saturated heterocycles. The van der Waals surface area contributed by atoms with Crippen molar-refractivity contribution in [3.05, 3.63) is 70.4 Å². The van der Waals surface area contributed by atoms with Crippen molar-refractivity contribution in [2.75, 3.05) is 14.1 Å². The molecule has 0 spiro atoms. The van der Waals surface area contributed by atoms with Crippen LogP contribution in [0.5, 0.6) is 0 Å². The molecule has 0 aliphatic heterocycles. The number of likely N-dealkylation sites (N-methyl/N-ethyl adjacent to an activating group) is 1. The van der Waals surface area contributed by atoms with Crippen LogP contribution >= 0.6 is 11.6 Å². The molecule has 0 N–H and O–H groups in total. The number of benzene rings is 2. The lowest BCUT2D eigenvalue weighted by Crippen LogP contribution is -2.31. The molecule has 1 amide bonds. The van der Waals surface area contributed by atoms with E-state index in [9.17, 15) is 9.59 Å². The average Bonchev–Trinajstić information content (AvgIpc) is 2.96. The van der Waals surface area contributed by atoms with Gasteiger partial charge in [0.25, 0.3) is 5.91 Å². The van der Waals surface area contributed by atoms with Crippen molar-refractivity contribution in [3.63, 3.8) is 0 Å². The first-order chi connectivity index (χ1) is 12.4. The fourth-order valence-electron chi connectivity index (χ4n) is 2.67. The molecule has 5 nitrogen and oxygen atoms in total. The minimum atomic E-state index is -1.05. The minimum Gasteiger partial charge on any atom is -0.449 e. The number of furan rings is 1. The molecule has 26 heavy (non-hydrogen) atoms. The average molecular weight is 372 g/mol. The van der Waals surface area contributed by atoms with Crippen LogP contribution in [-0.4, -0.2) is 30.9 Å². The van der Waals surface area contributed by atoms with Crippen molar-refractivity contribution in [3.8, 4) is 0 Å². The number of halogens is 1. The van der Waals surface area contributed by atoms with Gasteiger partial charge in [-0.15, -0.1) is 0 Å². The van der Waals surface area contributed by atoms with Gasteiger partial charge in [-0.3, -0.25) is 4.79 Å². The van der Waals surface area contributed by atoms with Gasteiger partial charge in [0.2, 0.25) is 11.9 Å². The Bertz CT molecular complexity index is 963. The van der Waals surface area contributed by atoms with Crippen LogP contribution in [0.4, 0.5) is 0 Å². The Morgan fingerprint density at radius 3 is 2.46 bits per heavy atom. The third-order valence-electron chi connectivity index (χ3n) is 4.08. The third kappa shape index (κ3) is 3.44. The van der Waals surface area contributed by atoms with Gasteiger partial charge in [0.15, 0.2) is 0 Å². The molecule has 134 valence electrons. The van der Waals surface area contributed by atoms with E-state index in [1.165, 1.54) is 4.90 Å². The Morgan fingerprint density at radius 2 is 1.81 bits per heavy atom. The molecular formula is C20H18ClNO4. The molecule has 0 bridgehead atoms. The molecule has 0 radical (unpaired) electrons. The minimum absolute atomic E-state index is 0.0646. The summed E-state index contributed by atoms with van der Waals surface area (Å²) in [7, 11) is 3.22.